The van der Waals surface area contributed by atoms with E-state index in [1.807, 2.05) is 29.2 Å². The molecule has 0 radical (unpaired) electrons. The minimum Gasteiger partial charge on any atom is -0.497 e. The van der Waals surface area contributed by atoms with Crippen LogP contribution in [0.25, 0.3) is 22.2 Å². The Kier molecular flexibility index (Phi) is 13.2. The lowest BCUT2D eigenvalue weighted by atomic mass is 9.95. The molecule has 2 atom stereocenters. The van der Waals surface area contributed by atoms with Crippen molar-refractivity contribution in [1.82, 2.24) is 24.8 Å². The van der Waals surface area contributed by atoms with Crippen LogP contribution in [0.2, 0.25) is 5.02 Å². The number of carbonyl (C=O) groups is 1. The van der Waals surface area contributed by atoms with Gasteiger partial charge in [0.25, 0.3) is 0 Å². The summed E-state index contributed by atoms with van der Waals surface area (Å²) in [6.45, 7) is 9.00. The molecule has 3 aliphatic heterocycles. The molecule has 66 heavy (non-hydrogen) atoms. The van der Waals surface area contributed by atoms with Crippen molar-refractivity contribution < 1.29 is 45.7 Å². The van der Waals surface area contributed by atoms with Gasteiger partial charge < -0.3 is 33.6 Å². The number of nitrogens with zero attached hydrogens (tertiary/aromatic N) is 7. The summed E-state index contributed by atoms with van der Waals surface area (Å²) in [5.74, 6) is 0.443. The third kappa shape index (κ3) is 9.87. The number of benzene rings is 3. The van der Waals surface area contributed by atoms with Crippen molar-refractivity contribution in [1.29, 1.82) is 0 Å². The van der Waals surface area contributed by atoms with Crippen molar-refractivity contribution in [3.63, 3.8) is 0 Å². The summed E-state index contributed by atoms with van der Waals surface area (Å²) in [6, 6.07) is 17.0. The normalized spacial score (nSPS) is 19.0. The predicted molar refractivity (Wildman–Crippen MR) is 242 cm³/mol. The van der Waals surface area contributed by atoms with Gasteiger partial charge >= 0.3 is 18.3 Å². The van der Waals surface area contributed by atoms with Gasteiger partial charge in [-0.15, -0.1) is 0 Å². The second-order valence-electron chi connectivity index (χ2n) is 18.2. The number of carbonyl (C=O) groups excluding carboxylic acids is 1. The van der Waals surface area contributed by atoms with Crippen LogP contribution < -0.4 is 24.0 Å². The maximum Gasteiger partial charge on any atom is 0.418 e. The molecule has 0 saturated carbocycles. The molecule has 8 rings (SSSR count). The number of rotatable bonds is 12. The van der Waals surface area contributed by atoms with Gasteiger partial charge in [-0.05, 0) is 100 Å². The first-order chi connectivity index (χ1) is 31.3. The molecule has 12 nitrogen and oxygen atoms in total. The molecular weight excluding hydrogens is 885 g/mol. The minimum atomic E-state index is -4.98. The summed E-state index contributed by atoms with van der Waals surface area (Å²) in [5, 5.41) is -0.232. The Morgan fingerprint density at radius 2 is 1.52 bits per heavy atom. The molecule has 352 valence electrons. The Hall–Kier alpha value is -5.68. The second-order valence-corrected chi connectivity index (χ2v) is 18.6. The molecule has 0 bridgehead atoms. The molecule has 5 aromatic rings. The van der Waals surface area contributed by atoms with E-state index in [4.69, 9.17) is 35.5 Å². The molecule has 0 N–H and O–H groups in total. The first kappa shape index (κ1) is 46.8. The van der Waals surface area contributed by atoms with Crippen LogP contribution in [-0.2, 0) is 24.0 Å². The number of ether oxygens (including phenoxy) is 4. The quantitative estimate of drug-likeness (QED) is 0.112. The lowest BCUT2D eigenvalue weighted by Crippen LogP contribution is -2.50. The molecule has 1 amide bonds. The largest absolute Gasteiger partial charge is 0.497 e. The SMILES string of the molecule is COc1ccc(CN(Cc2ccc(OC)cc2)c2cc(C)c(C(F)(F)F)c(-c3c(Cl)cc4c(N5CCN(C(=O)OC(C)(C)C)CC5)nc(OC[C@@]56CCCN5C[C@@H](F)C6)nc4c3F)n2)cc1. The van der Waals surface area contributed by atoms with E-state index in [-0.39, 0.29) is 98.0 Å². The van der Waals surface area contributed by atoms with Crippen molar-refractivity contribution in [2.24, 2.45) is 0 Å². The number of hydrogen-bond acceptors (Lipinski definition) is 11. The second kappa shape index (κ2) is 18.5. The van der Waals surface area contributed by atoms with Crippen LogP contribution in [-0.4, -0.2) is 108 Å². The number of pyridine rings is 1. The number of halogens is 6. The Balaban J connectivity index is 1.24. The van der Waals surface area contributed by atoms with Crippen LogP contribution in [0.1, 0.15) is 62.3 Å². The fourth-order valence-corrected chi connectivity index (χ4v) is 9.52. The molecule has 0 spiro atoms. The van der Waals surface area contributed by atoms with E-state index < -0.39 is 52.2 Å². The van der Waals surface area contributed by atoms with Gasteiger partial charge in [0.1, 0.15) is 47.0 Å². The lowest BCUT2D eigenvalue weighted by Gasteiger charge is -2.36. The smallest absolute Gasteiger partial charge is 0.418 e. The van der Waals surface area contributed by atoms with Crippen LogP contribution in [0.15, 0.2) is 60.7 Å². The van der Waals surface area contributed by atoms with Gasteiger partial charge in [0.15, 0.2) is 5.82 Å². The van der Waals surface area contributed by atoms with E-state index >= 15 is 17.6 Å². The zero-order chi connectivity index (χ0) is 47.1. The summed E-state index contributed by atoms with van der Waals surface area (Å²) >= 11 is 6.96. The maximum atomic E-state index is 17.7. The monoisotopic (exact) mass is 937 g/mol. The number of alkyl halides is 4. The molecular formula is C48H53ClF5N7O5. The summed E-state index contributed by atoms with van der Waals surface area (Å²) in [6.07, 6.45) is -4.72. The van der Waals surface area contributed by atoms with Gasteiger partial charge in [-0.1, -0.05) is 35.9 Å². The minimum absolute atomic E-state index is 0.0199. The van der Waals surface area contributed by atoms with Crippen molar-refractivity contribution in [2.75, 3.05) is 69.9 Å². The molecule has 3 saturated heterocycles. The van der Waals surface area contributed by atoms with Gasteiger partial charge in [-0.25, -0.2) is 18.6 Å². The number of aryl methyl sites for hydroxylation is 1. The number of methoxy groups -OCH3 is 2. The summed E-state index contributed by atoms with van der Waals surface area (Å²) in [7, 11) is 3.10. The Bertz CT molecular complexity index is 2520. The van der Waals surface area contributed by atoms with Gasteiger partial charge in [-0.3, -0.25) is 4.90 Å². The van der Waals surface area contributed by atoms with Crippen LogP contribution >= 0.6 is 11.6 Å². The first-order valence-electron chi connectivity index (χ1n) is 21.9. The number of fused-ring (bicyclic) bond motifs is 2. The molecule has 3 fully saturated rings. The van der Waals surface area contributed by atoms with Crippen molar-refractivity contribution in [3.8, 4) is 28.8 Å². The maximum absolute atomic E-state index is 17.7. The van der Waals surface area contributed by atoms with Gasteiger partial charge in [0, 0.05) is 57.6 Å². The van der Waals surface area contributed by atoms with E-state index in [1.165, 1.54) is 19.1 Å². The van der Waals surface area contributed by atoms with Crippen LogP contribution in [0.5, 0.6) is 17.5 Å². The van der Waals surface area contributed by atoms with E-state index in [9.17, 15) is 9.18 Å². The highest BCUT2D eigenvalue weighted by molar-refractivity contribution is 6.34. The van der Waals surface area contributed by atoms with E-state index in [0.29, 0.717) is 24.5 Å². The number of aromatic nitrogens is 3. The zero-order valence-electron chi connectivity index (χ0n) is 37.8. The van der Waals surface area contributed by atoms with E-state index in [0.717, 1.165) is 17.5 Å². The highest BCUT2D eigenvalue weighted by Crippen LogP contribution is 2.46. The number of hydrogen-bond donors (Lipinski definition) is 0. The molecule has 3 aromatic carbocycles. The fourth-order valence-electron chi connectivity index (χ4n) is 9.23. The number of amides is 1. The Morgan fingerprint density at radius 1 is 0.894 bits per heavy atom. The third-order valence-corrected chi connectivity index (χ3v) is 12.7. The lowest BCUT2D eigenvalue weighted by molar-refractivity contribution is -0.137. The van der Waals surface area contributed by atoms with E-state index in [1.54, 1.807) is 69.1 Å². The Labute approximate surface area is 385 Å². The number of anilines is 2. The molecule has 0 unspecified atom stereocenters. The molecule has 0 aliphatic carbocycles. The van der Waals surface area contributed by atoms with Crippen molar-refractivity contribution in [3.05, 3.63) is 93.8 Å². The van der Waals surface area contributed by atoms with Crippen molar-refractivity contribution in [2.45, 2.75) is 83.5 Å². The van der Waals surface area contributed by atoms with Gasteiger partial charge in [-0.2, -0.15) is 23.1 Å². The van der Waals surface area contributed by atoms with Gasteiger partial charge in [0.2, 0.25) is 0 Å². The average molecular weight is 938 g/mol. The Morgan fingerprint density at radius 3 is 2.09 bits per heavy atom. The zero-order valence-corrected chi connectivity index (χ0v) is 38.5. The molecule has 3 aliphatic rings. The average Bonchev–Trinajstić information content (AvgIpc) is 3.80. The molecule has 18 heteroatoms. The standard InChI is InChI=1S/C48H53ClF5N7O5/c1-29-22-37(60(25-30-8-12-33(63-5)13-9-30)26-31-10-14-34(64-6)15-11-31)55-42(39(29)48(52,53)54)38-36(49)23-35-41(40(38)51)56-44(65-28-47-16-7-17-61(47)27-32(50)24-47)57-43(35)58-18-20-59(21-19-58)45(62)66-46(2,3)4/h8-15,22-23,32H,7,16-21,24-28H2,1-6H3/t32-,47-/m0/s1. The van der Waals surface area contributed by atoms with Crippen LogP contribution in [0.3, 0.4) is 0 Å². The first-order valence-corrected chi connectivity index (χ1v) is 22.3. The summed E-state index contributed by atoms with van der Waals surface area (Å²) in [5.41, 5.74) is -2.72. The van der Waals surface area contributed by atoms with E-state index in [2.05, 4.69) is 14.9 Å². The third-order valence-electron chi connectivity index (χ3n) is 12.4. The fraction of sp³-hybridized carbons (Fsp3) is 0.458. The van der Waals surface area contributed by atoms with Crippen LogP contribution in [0.4, 0.5) is 38.4 Å². The molecule has 2 aromatic heterocycles. The highest BCUT2D eigenvalue weighted by atomic mass is 35.5. The summed E-state index contributed by atoms with van der Waals surface area (Å²) in [4.78, 5) is 34.1. The predicted octanol–water partition coefficient (Wildman–Crippen LogP) is 10.0. The molecule has 5 heterocycles. The number of piperazine rings is 1. The summed E-state index contributed by atoms with van der Waals surface area (Å²) < 4.78 is 101. The topological polar surface area (TPSA) is 106 Å². The highest BCUT2D eigenvalue weighted by Gasteiger charge is 2.49. The van der Waals surface area contributed by atoms with Crippen LogP contribution in [0, 0.1) is 12.7 Å². The van der Waals surface area contributed by atoms with Gasteiger partial charge in [0.05, 0.1) is 41.6 Å². The van der Waals surface area contributed by atoms with Crippen molar-refractivity contribution >= 4 is 40.2 Å².